The minimum atomic E-state index is -0.471. The molecule has 6 heteroatoms. The molecule has 1 aliphatic rings. The van der Waals surface area contributed by atoms with Gasteiger partial charge in [0, 0.05) is 19.2 Å². The summed E-state index contributed by atoms with van der Waals surface area (Å²) in [6, 6.07) is 2.73. The van der Waals surface area contributed by atoms with Gasteiger partial charge in [-0.2, -0.15) is 0 Å². The van der Waals surface area contributed by atoms with Gasteiger partial charge in [-0.3, -0.25) is 9.59 Å². The zero-order valence-corrected chi connectivity index (χ0v) is 13.8. The smallest absolute Gasteiger partial charge is 0.290 e. The van der Waals surface area contributed by atoms with E-state index in [0.717, 1.165) is 12.8 Å². The lowest BCUT2D eigenvalue weighted by atomic mass is 9.97. The number of piperidine rings is 1. The van der Waals surface area contributed by atoms with E-state index in [0.29, 0.717) is 19.4 Å². The Bertz CT molecular complexity index is 513. The van der Waals surface area contributed by atoms with Crippen LogP contribution in [0.1, 0.15) is 50.1 Å². The van der Waals surface area contributed by atoms with Gasteiger partial charge in [0.2, 0.25) is 5.91 Å². The number of nitrogens with one attached hydrogen (secondary N) is 1. The van der Waals surface area contributed by atoms with Crippen LogP contribution in [0, 0.1) is 5.92 Å². The number of hydrogen-bond donors (Lipinski definition) is 2. The van der Waals surface area contributed by atoms with E-state index in [9.17, 15) is 9.59 Å². The second-order valence-corrected chi connectivity index (χ2v) is 6.36. The highest BCUT2D eigenvalue weighted by Crippen LogP contribution is 2.21. The van der Waals surface area contributed by atoms with Crippen molar-refractivity contribution in [2.24, 2.45) is 5.92 Å². The molecule has 23 heavy (non-hydrogen) atoms. The molecule has 1 aliphatic heterocycles. The summed E-state index contributed by atoms with van der Waals surface area (Å²) in [5.74, 6) is 0.110. The molecule has 2 unspecified atom stereocenters. The normalized spacial score (nSPS) is 19.7. The molecule has 0 aliphatic carbocycles. The van der Waals surface area contributed by atoms with E-state index < -0.39 is 6.04 Å². The van der Waals surface area contributed by atoms with Crippen LogP contribution in [0.3, 0.4) is 0 Å². The molecule has 2 rings (SSSR count). The fourth-order valence-electron chi connectivity index (χ4n) is 2.98. The number of hydrogen-bond acceptors (Lipinski definition) is 4. The first kappa shape index (κ1) is 17.5. The van der Waals surface area contributed by atoms with Gasteiger partial charge in [-0.25, -0.2) is 0 Å². The Morgan fingerprint density at radius 2 is 2.22 bits per heavy atom. The molecule has 0 saturated carbocycles. The zero-order valence-electron chi connectivity index (χ0n) is 13.8. The van der Waals surface area contributed by atoms with Crippen molar-refractivity contribution in [1.82, 2.24) is 10.2 Å². The van der Waals surface area contributed by atoms with Crippen LogP contribution in [0.15, 0.2) is 22.8 Å². The second kappa shape index (κ2) is 8.15. The van der Waals surface area contributed by atoms with Gasteiger partial charge < -0.3 is 19.7 Å². The van der Waals surface area contributed by atoms with Gasteiger partial charge in [-0.15, -0.1) is 0 Å². The molecule has 0 radical (unpaired) electrons. The summed E-state index contributed by atoms with van der Waals surface area (Å²) in [4.78, 5) is 26.8. The number of furan rings is 1. The summed E-state index contributed by atoms with van der Waals surface area (Å²) in [7, 11) is 0. The Hall–Kier alpha value is -1.82. The number of amides is 2. The average Bonchev–Trinajstić information content (AvgIpc) is 3.08. The fourth-order valence-corrected chi connectivity index (χ4v) is 2.98. The van der Waals surface area contributed by atoms with Gasteiger partial charge in [0.05, 0.1) is 6.26 Å². The molecule has 2 atom stereocenters. The Labute approximate surface area is 136 Å². The quantitative estimate of drug-likeness (QED) is 0.836. The molecular formula is C17H26N2O4. The minimum Gasteiger partial charge on any atom is -0.459 e. The first-order valence-electron chi connectivity index (χ1n) is 8.30. The SMILES string of the molecule is CC(C)C(CCO)NC(=O)C1CCCCN1C(=O)c1ccco1. The summed E-state index contributed by atoms with van der Waals surface area (Å²) < 4.78 is 5.18. The van der Waals surface area contributed by atoms with Crippen LogP contribution in [0.2, 0.25) is 0 Å². The minimum absolute atomic E-state index is 0.0306. The molecule has 1 aromatic rings. The maximum absolute atomic E-state index is 12.7. The summed E-state index contributed by atoms with van der Waals surface area (Å²) in [6.07, 6.45) is 4.44. The van der Waals surface area contributed by atoms with E-state index in [1.165, 1.54) is 6.26 Å². The van der Waals surface area contributed by atoms with E-state index in [1.54, 1.807) is 17.0 Å². The molecular weight excluding hydrogens is 296 g/mol. The van der Waals surface area contributed by atoms with Crippen LogP contribution in [-0.2, 0) is 4.79 Å². The van der Waals surface area contributed by atoms with Crippen molar-refractivity contribution in [1.29, 1.82) is 0 Å². The lowest BCUT2D eigenvalue weighted by Gasteiger charge is -2.35. The van der Waals surface area contributed by atoms with Gasteiger partial charge >= 0.3 is 0 Å². The summed E-state index contributed by atoms with van der Waals surface area (Å²) >= 11 is 0. The van der Waals surface area contributed by atoms with Crippen molar-refractivity contribution in [3.8, 4) is 0 Å². The Kier molecular flexibility index (Phi) is 6.21. The van der Waals surface area contributed by atoms with Crippen LogP contribution in [0.4, 0.5) is 0 Å². The van der Waals surface area contributed by atoms with Crippen molar-refractivity contribution in [3.05, 3.63) is 24.2 Å². The molecule has 1 fully saturated rings. The molecule has 1 aromatic heterocycles. The topological polar surface area (TPSA) is 82.8 Å². The van der Waals surface area contributed by atoms with Gasteiger partial charge in [-0.05, 0) is 43.7 Å². The molecule has 1 saturated heterocycles. The maximum Gasteiger partial charge on any atom is 0.290 e. The lowest BCUT2D eigenvalue weighted by molar-refractivity contribution is -0.127. The molecule has 2 N–H and O–H groups in total. The lowest BCUT2D eigenvalue weighted by Crippen LogP contribution is -2.54. The van der Waals surface area contributed by atoms with Crippen LogP contribution in [-0.4, -0.2) is 47.1 Å². The van der Waals surface area contributed by atoms with Crippen molar-refractivity contribution < 1.29 is 19.1 Å². The van der Waals surface area contributed by atoms with Crippen molar-refractivity contribution >= 4 is 11.8 Å². The van der Waals surface area contributed by atoms with Crippen LogP contribution in [0.25, 0.3) is 0 Å². The Morgan fingerprint density at radius 3 is 2.83 bits per heavy atom. The third-order valence-corrected chi connectivity index (χ3v) is 4.37. The summed E-state index contributed by atoms with van der Waals surface area (Å²) in [6.45, 7) is 4.60. The number of carbonyl (C=O) groups is 2. The number of nitrogens with zero attached hydrogens (tertiary/aromatic N) is 1. The number of rotatable bonds is 6. The van der Waals surface area contributed by atoms with Gasteiger partial charge in [0.15, 0.2) is 5.76 Å². The highest BCUT2D eigenvalue weighted by Gasteiger charge is 2.34. The Morgan fingerprint density at radius 1 is 1.43 bits per heavy atom. The third kappa shape index (κ3) is 4.34. The van der Waals surface area contributed by atoms with E-state index in [-0.39, 0.29) is 36.1 Å². The molecule has 2 heterocycles. The monoisotopic (exact) mass is 322 g/mol. The van der Waals surface area contributed by atoms with Crippen LogP contribution >= 0.6 is 0 Å². The standard InChI is InChI=1S/C17H26N2O4/c1-12(2)13(8-10-20)18-16(21)14-6-3-4-9-19(14)17(22)15-7-5-11-23-15/h5,7,11-14,20H,3-4,6,8-10H2,1-2H3,(H,18,21). The number of carbonyl (C=O) groups excluding carboxylic acids is 2. The van der Waals surface area contributed by atoms with Crippen molar-refractivity contribution in [2.75, 3.05) is 13.2 Å². The first-order chi connectivity index (χ1) is 11.0. The number of aliphatic hydroxyl groups is 1. The molecule has 2 amide bonds. The number of likely N-dealkylation sites (tertiary alicyclic amines) is 1. The van der Waals surface area contributed by atoms with Crippen molar-refractivity contribution in [3.63, 3.8) is 0 Å². The largest absolute Gasteiger partial charge is 0.459 e. The van der Waals surface area contributed by atoms with Gasteiger partial charge in [-0.1, -0.05) is 13.8 Å². The zero-order chi connectivity index (χ0) is 16.8. The first-order valence-corrected chi connectivity index (χ1v) is 8.30. The molecule has 0 bridgehead atoms. The van der Waals surface area contributed by atoms with Gasteiger partial charge in [0.1, 0.15) is 6.04 Å². The molecule has 6 nitrogen and oxygen atoms in total. The summed E-state index contributed by atoms with van der Waals surface area (Å²) in [5, 5.41) is 12.1. The third-order valence-electron chi connectivity index (χ3n) is 4.37. The maximum atomic E-state index is 12.7. The van der Waals surface area contributed by atoms with E-state index in [2.05, 4.69) is 5.32 Å². The summed E-state index contributed by atoms with van der Waals surface area (Å²) in [5.41, 5.74) is 0. The predicted molar refractivity (Wildman–Crippen MR) is 85.9 cm³/mol. The van der Waals surface area contributed by atoms with Crippen LogP contribution in [0.5, 0.6) is 0 Å². The average molecular weight is 322 g/mol. The number of aliphatic hydroxyl groups excluding tert-OH is 1. The van der Waals surface area contributed by atoms with E-state index in [1.807, 2.05) is 13.8 Å². The van der Waals surface area contributed by atoms with E-state index >= 15 is 0 Å². The highest BCUT2D eigenvalue weighted by atomic mass is 16.3. The Balaban J connectivity index is 2.08. The molecule has 0 spiro atoms. The van der Waals surface area contributed by atoms with Crippen LogP contribution < -0.4 is 5.32 Å². The fraction of sp³-hybridized carbons (Fsp3) is 0.647. The molecule has 128 valence electrons. The van der Waals surface area contributed by atoms with Gasteiger partial charge in [0.25, 0.3) is 5.91 Å². The highest BCUT2D eigenvalue weighted by molar-refractivity contribution is 5.95. The van der Waals surface area contributed by atoms with Crippen molar-refractivity contribution in [2.45, 2.75) is 51.6 Å². The molecule has 0 aromatic carbocycles. The van der Waals surface area contributed by atoms with E-state index in [4.69, 9.17) is 9.52 Å². The second-order valence-electron chi connectivity index (χ2n) is 6.36. The predicted octanol–water partition coefficient (Wildman–Crippen LogP) is 1.80.